The van der Waals surface area contributed by atoms with Crippen molar-refractivity contribution in [2.45, 2.75) is 45.1 Å². The maximum Gasteiger partial charge on any atom is 0.183 e. The molecule has 0 atom stereocenters. The predicted molar refractivity (Wildman–Crippen MR) is 82.9 cm³/mol. The molecule has 1 saturated carbocycles. The minimum atomic E-state index is 0.208. The van der Waals surface area contributed by atoms with Crippen LogP contribution < -0.4 is 5.32 Å². The van der Waals surface area contributed by atoms with Gasteiger partial charge in [0.15, 0.2) is 5.13 Å². The maximum atomic E-state index is 4.66. The van der Waals surface area contributed by atoms with E-state index in [1.807, 2.05) is 0 Å². The number of rotatable bonds is 3. The number of hydrogen-bond acceptors (Lipinski definition) is 3. The summed E-state index contributed by atoms with van der Waals surface area (Å²) in [5, 5.41) is 6.64. The molecule has 1 fully saturated rings. The van der Waals surface area contributed by atoms with E-state index in [1.54, 1.807) is 11.3 Å². The number of anilines is 1. The second-order valence-electron chi connectivity index (χ2n) is 6.28. The van der Waals surface area contributed by atoms with Gasteiger partial charge in [-0.15, -0.1) is 11.3 Å². The number of aromatic nitrogens is 1. The van der Waals surface area contributed by atoms with Gasteiger partial charge in [-0.05, 0) is 23.8 Å². The van der Waals surface area contributed by atoms with Gasteiger partial charge in [0.1, 0.15) is 0 Å². The Bertz CT molecular complexity index is 559. The lowest BCUT2D eigenvalue weighted by Crippen LogP contribution is -2.10. The van der Waals surface area contributed by atoms with Gasteiger partial charge in [0, 0.05) is 17.0 Å². The molecule has 1 heterocycles. The second-order valence-corrected chi connectivity index (χ2v) is 7.14. The van der Waals surface area contributed by atoms with Crippen molar-refractivity contribution in [2.24, 2.45) is 0 Å². The third-order valence-electron chi connectivity index (χ3n) is 3.46. The first-order valence-corrected chi connectivity index (χ1v) is 7.73. The fourth-order valence-corrected chi connectivity index (χ4v) is 2.81. The molecule has 0 amide bonds. The van der Waals surface area contributed by atoms with Crippen molar-refractivity contribution in [1.29, 1.82) is 0 Å². The molecule has 0 saturated heterocycles. The van der Waals surface area contributed by atoms with Crippen molar-refractivity contribution in [1.82, 2.24) is 4.98 Å². The molecule has 1 aliphatic carbocycles. The Morgan fingerprint density at radius 2 is 1.84 bits per heavy atom. The van der Waals surface area contributed by atoms with Crippen LogP contribution in [0.25, 0.3) is 11.3 Å². The van der Waals surface area contributed by atoms with Crippen LogP contribution in [-0.4, -0.2) is 11.0 Å². The summed E-state index contributed by atoms with van der Waals surface area (Å²) in [4.78, 5) is 4.66. The zero-order valence-electron chi connectivity index (χ0n) is 11.7. The topological polar surface area (TPSA) is 24.9 Å². The van der Waals surface area contributed by atoms with E-state index >= 15 is 0 Å². The van der Waals surface area contributed by atoms with Gasteiger partial charge in [-0.3, -0.25) is 0 Å². The number of hydrogen-bond donors (Lipinski definition) is 1. The summed E-state index contributed by atoms with van der Waals surface area (Å²) >= 11 is 1.70. The average Bonchev–Trinajstić information content (AvgIpc) is 3.04. The predicted octanol–water partition coefficient (Wildman–Crippen LogP) is 4.68. The van der Waals surface area contributed by atoms with Gasteiger partial charge in [0.25, 0.3) is 0 Å². The Morgan fingerprint density at radius 3 is 2.42 bits per heavy atom. The van der Waals surface area contributed by atoms with Gasteiger partial charge in [-0.2, -0.15) is 0 Å². The van der Waals surface area contributed by atoms with Gasteiger partial charge in [-0.25, -0.2) is 4.98 Å². The Kier molecular flexibility index (Phi) is 3.09. The smallest absolute Gasteiger partial charge is 0.183 e. The molecule has 0 bridgehead atoms. The third-order valence-corrected chi connectivity index (χ3v) is 4.23. The maximum absolute atomic E-state index is 4.66. The van der Waals surface area contributed by atoms with Crippen LogP contribution in [-0.2, 0) is 5.41 Å². The molecule has 1 N–H and O–H groups in total. The molecule has 0 radical (unpaired) electrons. The SMILES string of the molecule is CC(C)(C)c1ccc(-c2csc(NC3CC3)n2)cc1. The highest BCUT2D eigenvalue weighted by atomic mass is 32.1. The van der Waals surface area contributed by atoms with Crippen LogP contribution in [0.1, 0.15) is 39.2 Å². The summed E-state index contributed by atoms with van der Waals surface area (Å²) in [6.45, 7) is 6.72. The van der Waals surface area contributed by atoms with Gasteiger partial charge in [-0.1, -0.05) is 45.0 Å². The highest BCUT2D eigenvalue weighted by Gasteiger charge is 2.22. The van der Waals surface area contributed by atoms with Gasteiger partial charge in [0.05, 0.1) is 5.69 Å². The number of nitrogens with one attached hydrogen (secondary N) is 1. The highest BCUT2D eigenvalue weighted by molar-refractivity contribution is 7.14. The molecule has 19 heavy (non-hydrogen) atoms. The Balaban J connectivity index is 1.79. The Morgan fingerprint density at radius 1 is 1.16 bits per heavy atom. The summed E-state index contributed by atoms with van der Waals surface area (Å²) in [7, 11) is 0. The standard InChI is InChI=1S/C16H20N2S/c1-16(2,3)12-6-4-11(5-7-12)14-10-19-15(18-14)17-13-8-9-13/h4-7,10,13H,8-9H2,1-3H3,(H,17,18). The molecule has 1 aromatic heterocycles. The molecule has 2 nitrogen and oxygen atoms in total. The first-order chi connectivity index (χ1) is 9.02. The van der Waals surface area contributed by atoms with Crippen molar-refractivity contribution in [3.8, 4) is 11.3 Å². The van der Waals surface area contributed by atoms with Crippen LogP contribution in [0.3, 0.4) is 0 Å². The molecular weight excluding hydrogens is 252 g/mol. The minimum Gasteiger partial charge on any atom is -0.359 e. The molecular formula is C16H20N2S. The fourth-order valence-electron chi connectivity index (χ4n) is 2.02. The van der Waals surface area contributed by atoms with Crippen LogP contribution in [0, 0.1) is 0 Å². The molecule has 100 valence electrons. The van der Waals surface area contributed by atoms with E-state index in [1.165, 1.54) is 24.0 Å². The lowest BCUT2D eigenvalue weighted by Gasteiger charge is -2.18. The Labute approximate surface area is 118 Å². The lowest BCUT2D eigenvalue weighted by molar-refractivity contribution is 0.590. The van der Waals surface area contributed by atoms with Gasteiger partial charge >= 0.3 is 0 Å². The van der Waals surface area contributed by atoms with Crippen molar-refractivity contribution in [3.63, 3.8) is 0 Å². The van der Waals surface area contributed by atoms with Crippen LogP contribution in [0.2, 0.25) is 0 Å². The van der Waals surface area contributed by atoms with Crippen LogP contribution >= 0.6 is 11.3 Å². The van der Waals surface area contributed by atoms with Crippen molar-refractivity contribution >= 4 is 16.5 Å². The van der Waals surface area contributed by atoms with E-state index in [0.29, 0.717) is 6.04 Å². The first kappa shape index (κ1) is 12.7. The molecule has 0 unspecified atom stereocenters. The zero-order chi connectivity index (χ0) is 13.5. The second kappa shape index (κ2) is 4.64. The highest BCUT2D eigenvalue weighted by Crippen LogP contribution is 2.31. The van der Waals surface area contributed by atoms with Crippen LogP contribution in [0.4, 0.5) is 5.13 Å². The zero-order valence-corrected chi connectivity index (χ0v) is 12.6. The summed E-state index contributed by atoms with van der Waals surface area (Å²) in [5.74, 6) is 0. The average molecular weight is 272 g/mol. The first-order valence-electron chi connectivity index (χ1n) is 6.85. The van der Waals surface area contributed by atoms with E-state index in [0.717, 1.165) is 10.8 Å². The van der Waals surface area contributed by atoms with Gasteiger partial charge in [0.2, 0.25) is 0 Å². The van der Waals surface area contributed by atoms with E-state index in [4.69, 9.17) is 0 Å². The van der Waals surface area contributed by atoms with E-state index in [2.05, 4.69) is 60.7 Å². The normalized spacial score (nSPS) is 15.5. The summed E-state index contributed by atoms with van der Waals surface area (Å²) < 4.78 is 0. The van der Waals surface area contributed by atoms with Crippen molar-refractivity contribution in [3.05, 3.63) is 35.2 Å². The number of nitrogens with zero attached hydrogens (tertiary/aromatic N) is 1. The van der Waals surface area contributed by atoms with Crippen molar-refractivity contribution < 1.29 is 0 Å². The molecule has 3 rings (SSSR count). The largest absolute Gasteiger partial charge is 0.359 e. The van der Waals surface area contributed by atoms with Crippen LogP contribution in [0.5, 0.6) is 0 Å². The molecule has 3 heteroatoms. The molecule has 1 aliphatic rings. The molecule has 0 spiro atoms. The van der Waals surface area contributed by atoms with Crippen molar-refractivity contribution in [2.75, 3.05) is 5.32 Å². The van der Waals surface area contributed by atoms with E-state index < -0.39 is 0 Å². The number of benzene rings is 1. The Hall–Kier alpha value is -1.35. The van der Waals surface area contributed by atoms with Gasteiger partial charge < -0.3 is 5.32 Å². The fraction of sp³-hybridized carbons (Fsp3) is 0.438. The molecule has 1 aromatic carbocycles. The monoisotopic (exact) mass is 272 g/mol. The third kappa shape index (κ3) is 2.98. The number of thiazole rings is 1. The lowest BCUT2D eigenvalue weighted by atomic mass is 9.86. The summed E-state index contributed by atoms with van der Waals surface area (Å²) in [6, 6.07) is 9.44. The minimum absolute atomic E-state index is 0.208. The van der Waals surface area contributed by atoms with E-state index in [-0.39, 0.29) is 5.41 Å². The quantitative estimate of drug-likeness (QED) is 0.877. The summed E-state index contributed by atoms with van der Waals surface area (Å²) in [5.41, 5.74) is 3.85. The summed E-state index contributed by atoms with van der Waals surface area (Å²) in [6.07, 6.45) is 2.57. The van der Waals surface area contributed by atoms with E-state index in [9.17, 15) is 0 Å². The van der Waals surface area contributed by atoms with Crippen LogP contribution in [0.15, 0.2) is 29.6 Å². The molecule has 0 aliphatic heterocycles. The molecule has 2 aromatic rings.